The molecule has 1 aliphatic heterocycles. The van der Waals surface area contributed by atoms with E-state index in [1.165, 1.54) is 5.56 Å². The topological polar surface area (TPSA) is 48.1 Å². The molecule has 0 atom stereocenters. The summed E-state index contributed by atoms with van der Waals surface area (Å²) in [4.78, 5) is 4.07. The van der Waals surface area contributed by atoms with E-state index in [0.717, 1.165) is 26.1 Å². The SMILES string of the molecule is NC1CC(C2(c3ccncc3)COC2)C1. The van der Waals surface area contributed by atoms with Crippen LogP contribution in [0.2, 0.25) is 0 Å². The number of ether oxygens (including phenoxy) is 1. The molecule has 3 heteroatoms. The number of hydrogen-bond donors (Lipinski definition) is 1. The summed E-state index contributed by atoms with van der Waals surface area (Å²) >= 11 is 0. The number of nitrogens with zero attached hydrogens (tertiary/aromatic N) is 1. The Morgan fingerprint density at radius 2 is 1.93 bits per heavy atom. The van der Waals surface area contributed by atoms with Gasteiger partial charge >= 0.3 is 0 Å². The van der Waals surface area contributed by atoms with Crippen LogP contribution in [0.4, 0.5) is 0 Å². The lowest BCUT2D eigenvalue weighted by atomic mass is 9.59. The van der Waals surface area contributed by atoms with Crippen LogP contribution in [0.5, 0.6) is 0 Å². The van der Waals surface area contributed by atoms with Crippen LogP contribution in [0, 0.1) is 5.92 Å². The summed E-state index contributed by atoms with van der Waals surface area (Å²) in [6.07, 6.45) is 6.03. The highest BCUT2D eigenvalue weighted by Crippen LogP contribution is 2.47. The third-order valence-corrected chi connectivity index (χ3v) is 3.93. The third kappa shape index (κ3) is 1.30. The van der Waals surface area contributed by atoms with Gasteiger partial charge in [0.15, 0.2) is 0 Å². The van der Waals surface area contributed by atoms with Gasteiger partial charge in [0.25, 0.3) is 0 Å². The molecule has 3 nitrogen and oxygen atoms in total. The summed E-state index contributed by atoms with van der Waals surface area (Å²) in [5, 5.41) is 0. The third-order valence-electron chi connectivity index (χ3n) is 3.93. The fourth-order valence-electron chi connectivity index (χ4n) is 2.76. The van der Waals surface area contributed by atoms with Gasteiger partial charge in [-0.25, -0.2) is 0 Å². The minimum atomic E-state index is 0.249. The van der Waals surface area contributed by atoms with E-state index in [2.05, 4.69) is 17.1 Å². The van der Waals surface area contributed by atoms with Gasteiger partial charge in [-0.3, -0.25) is 4.98 Å². The minimum absolute atomic E-state index is 0.249. The van der Waals surface area contributed by atoms with E-state index < -0.39 is 0 Å². The molecule has 0 aromatic carbocycles. The summed E-state index contributed by atoms with van der Waals surface area (Å²) in [5.74, 6) is 0.712. The van der Waals surface area contributed by atoms with Crippen molar-refractivity contribution in [2.24, 2.45) is 11.7 Å². The molecule has 2 N–H and O–H groups in total. The maximum atomic E-state index is 5.87. The van der Waals surface area contributed by atoms with Crippen molar-refractivity contribution < 1.29 is 4.74 Å². The Kier molecular flexibility index (Phi) is 2.04. The number of pyridine rings is 1. The van der Waals surface area contributed by atoms with Crippen molar-refractivity contribution in [2.45, 2.75) is 24.3 Å². The lowest BCUT2D eigenvalue weighted by Crippen LogP contribution is -2.58. The van der Waals surface area contributed by atoms with Crippen molar-refractivity contribution in [3.05, 3.63) is 30.1 Å². The predicted molar refractivity (Wildman–Crippen MR) is 57.4 cm³/mol. The highest BCUT2D eigenvalue weighted by molar-refractivity contribution is 5.28. The Morgan fingerprint density at radius 1 is 1.27 bits per heavy atom. The van der Waals surface area contributed by atoms with Crippen LogP contribution in [0.1, 0.15) is 18.4 Å². The highest BCUT2D eigenvalue weighted by atomic mass is 16.5. The molecule has 0 radical (unpaired) electrons. The largest absolute Gasteiger partial charge is 0.379 e. The first kappa shape index (κ1) is 9.31. The summed E-state index contributed by atoms with van der Waals surface area (Å²) in [5.41, 5.74) is 7.49. The zero-order valence-electron chi connectivity index (χ0n) is 8.73. The van der Waals surface area contributed by atoms with Crippen molar-refractivity contribution in [3.8, 4) is 0 Å². The average Bonchev–Trinajstić information content (AvgIpc) is 2.15. The molecule has 2 fully saturated rings. The van der Waals surface area contributed by atoms with Gasteiger partial charge in [-0.15, -0.1) is 0 Å². The van der Waals surface area contributed by atoms with Gasteiger partial charge in [0.05, 0.1) is 13.2 Å². The van der Waals surface area contributed by atoms with Crippen LogP contribution in [-0.4, -0.2) is 24.2 Å². The van der Waals surface area contributed by atoms with Crippen molar-refractivity contribution in [1.82, 2.24) is 4.98 Å². The van der Waals surface area contributed by atoms with E-state index in [9.17, 15) is 0 Å². The molecule has 80 valence electrons. The Bertz CT molecular complexity index is 342. The van der Waals surface area contributed by atoms with Crippen molar-refractivity contribution in [3.63, 3.8) is 0 Å². The maximum absolute atomic E-state index is 5.87. The van der Waals surface area contributed by atoms with Crippen molar-refractivity contribution in [1.29, 1.82) is 0 Å². The molecule has 1 saturated heterocycles. The van der Waals surface area contributed by atoms with E-state index in [4.69, 9.17) is 10.5 Å². The fourth-order valence-corrected chi connectivity index (χ4v) is 2.76. The normalized spacial score (nSPS) is 32.9. The number of hydrogen-bond acceptors (Lipinski definition) is 3. The summed E-state index contributed by atoms with van der Waals surface area (Å²) in [7, 11) is 0. The Morgan fingerprint density at radius 3 is 2.40 bits per heavy atom. The van der Waals surface area contributed by atoms with Crippen molar-refractivity contribution in [2.75, 3.05) is 13.2 Å². The number of rotatable bonds is 2. The molecule has 2 heterocycles. The summed E-state index contributed by atoms with van der Waals surface area (Å²) < 4.78 is 5.42. The van der Waals surface area contributed by atoms with Gasteiger partial charge in [0.2, 0.25) is 0 Å². The van der Waals surface area contributed by atoms with Crippen LogP contribution >= 0.6 is 0 Å². The molecule has 1 saturated carbocycles. The van der Waals surface area contributed by atoms with E-state index in [-0.39, 0.29) is 5.41 Å². The second-order valence-electron chi connectivity index (χ2n) is 4.81. The van der Waals surface area contributed by atoms with E-state index >= 15 is 0 Å². The van der Waals surface area contributed by atoms with Gasteiger partial charge in [-0.05, 0) is 36.5 Å². The molecule has 1 aromatic rings. The smallest absolute Gasteiger partial charge is 0.0588 e. The molecule has 15 heavy (non-hydrogen) atoms. The summed E-state index contributed by atoms with van der Waals surface area (Å²) in [6, 6.07) is 4.65. The molecule has 0 amide bonds. The van der Waals surface area contributed by atoms with E-state index in [0.29, 0.717) is 12.0 Å². The minimum Gasteiger partial charge on any atom is -0.379 e. The number of aromatic nitrogens is 1. The first-order valence-electron chi connectivity index (χ1n) is 5.55. The Hall–Kier alpha value is -0.930. The lowest BCUT2D eigenvalue weighted by molar-refractivity contribution is -0.111. The van der Waals surface area contributed by atoms with E-state index in [1.807, 2.05) is 12.4 Å². The second kappa shape index (κ2) is 3.29. The maximum Gasteiger partial charge on any atom is 0.0588 e. The Balaban J connectivity index is 1.87. The van der Waals surface area contributed by atoms with E-state index in [1.54, 1.807) is 0 Å². The van der Waals surface area contributed by atoms with Crippen LogP contribution in [0.15, 0.2) is 24.5 Å². The number of nitrogens with two attached hydrogens (primary N) is 1. The fraction of sp³-hybridized carbons (Fsp3) is 0.583. The molecule has 3 rings (SSSR count). The first-order valence-corrected chi connectivity index (χ1v) is 5.55. The van der Waals surface area contributed by atoms with Crippen LogP contribution in [-0.2, 0) is 10.2 Å². The zero-order valence-corrected chi connectivity index (χ0v) is 8.73. The van der Waals surface area contributed by atoms with Gasteiger partial charge in [-0.2, -0.15) is 0 Å². The average molecular weight is 204 g/mol. The standard InChI is InChI=1S/C12H16N2O/c13-11-5-10(6-11)12(7-15-8-12)9-1-3-14-4-2-9/h1-4,10-11H,5-8,13H2. The van der Waals surface area contributed by atoms with Crippen LogP contribution in [0.3, 0.4) is 0 Å². The molecule has 1 aromatic heterocycles. The molecule has 0 unspecified atom stereocenters. The second-order valence-corrected chi connectivity index (χ2v) is 4.81. The van der Waals surface area contributed by atoms with Gasteiger partial charge in [0.1, 0.15) is 0 Å². The molecular weight excluding hydrogens is 188 g/mol. The van der Waals surface area contributed by atoms with Crippen LogP contribution in [0.25, 0.3) is 0 Å². The van der Waals surface area contributed by atoms with Crippen LogP contribution < -0.4 is 5.73 Å². The Labute approximate surface area is 89.6 Å². The highest BCUT2D eigenvalue weighted by Gasteiger charge is 2.50. The monoisotopic (exact) mass is 204 g/mol. The first-order chi connectivity index (χ1) is 7.31. The zero-order chi connectivity index (χ0) is 10.3. The van der Waals surface area contributed by atoms with Gasteiger partial charge in [-0.1, -0.05) is 0 Å². The molecular formula is C12H16N2O. The van der Waals surface area contributed by atoms with Crippen molar-refractivity contribution >= 4 is 0 Å². The molecule has 0 spiro atoms. The molecule has 2 aliphatic rings. The quantitative estimate of drug-likeness (QED) is 0.784. The predicted octanol–water partition coefficient (Wildman–Crippen LogP) is 1.09. The molecule has 0 bridgehead atoms. The van der Waals surface area contributed by atoms with Gasteiger partial charge in [0, 0.05) is 23.9 Å². The lowest BCUT2D eigenvalue weighted by Gasteiger charge is -2.53. The summed E-state index contributed by atoms with van der Waals surface area (Å²) in [6.45, 7) is 1.71. The van der Waals surface area contributed by atoms with Gasteiger partial charge < -0.3 is 10.5 Å². The molecule has 1 aliphatic carbocycles.